The standard InChI is InChI=1S/C12H15N3O3/c1-15-5-4-8(6-11(15)17)12(18)13-7-10(16)14-9-2-3-9/h4-6,9H,2-3,7H2,1H3,(H,13,18)(H,14,16). The maximum atomic E-state index is 11.7. The molecule has 0 bridgehead atoms. The van der Waals surface area contributed by atoms with Crippen LogP contribution in [0.2, 0.25) is 0 Å². The Hall–Kier alpha value is -2.11. The molecule has 6 heteroatoms. The lowest BCUT2D eigenvalue weighted by Crippen LogP contribution is -2.38. The van der Waals surface area contributed by atoms with Gasteiger partial charge >= 0.3 is 0 Å². The zero-order chi connectivity index (χ0) is 13.1. The molecule has 1 aromatic rings. The number of nitrogens with zero attached hydrogens (tertiary/aromatic N) is 1. The van der Waals surface area contributed by atoms with Crippen LogP contribution in [-0.4, -0.2) is 29.0 Å². The molecule has 0 aliphatic heterocycles. The maximum Gasteiger partial charge on any atom is 0.251 e. The molecule has 2 amide bonds. The minimum absolute atomic E-state index is 0.0649. The molecule has 1 aliphatic carbocycles. The van der Waals surface area contributed by atoms with Gasteiger partial charge in [0.25, 0.3) is 11.5 Å². The van der Waals surface area contributed by atoms with Gasteiger partial charge in [0.15, 0.2) is 0 Å². The monoisotopic (exact) mass is 249 g/mol. The second-order valence-electron chi connectivity index (χ2n) is 4.39. The van der Waals surface area contributed by atoms with Crippen LogP contribution in [-0.2, 0) is 11.8 Å². The molecule has 0 aromatic carbocycles. The van der Waals surface area contributed by atoms with Crippen LogP contribution in [0.25, 0.3) is 0 Å². The van der Waals surface area contributed by atoms with E-state index >= 15 is 0 Å². The van der Waals surface area contributed by atoms with Crippen molar-refractivity contribution in [3.63, 3.8) is 0 Å². The second-order valence-corrected chi connectivity index (χ2v) is 4.39. The fourth-order valence-corrected chi connectivity index (χ4v) is 1.46. The molecule has 1 heterocycles. The third kappa shape index (κ3) is 3.19. The molecule has 1 aromatic heterocycles. The van der Waals surface area contributed by atoms with E-state index in [0.29, 0.717) is 0 Å². The highest BCUT2D eigenvalue weighted by Gasteiger charge is 2.23. The largest absolute Gasteiger partial charge is 0.352 e. The normalized spacial score (nSPS) is 14.1. The van der Waals surface area contributed by atoms with Gasteiger partial charge in [-0.15, -0.1) is 0 Å². The Balaban J connectivity index is 1.88. The molecular weight excluding hydrogens is 234 g/mol. The predicted molar refractivity (Wildman–Crippen MR) is 65.2 cm³/mol. The summed E-state index contributed by atoms with van der Waals surface area (Å²) in [6, 6.07) is 3.06. The summed E-state index contributed by atoms with van der Waals surface area (Å²) in [5, 5.41) is 5.24. The average Bonchev–Trinajstić information content (AvgIpc) is 3.13. The van der Waals surface area contributed by atoms with E-state index in [-0.39, 0.29) is 29.6 Å². The number of amides is 2. The van der Waals surface area contributed by atoms with Crippen molar-refractivity contribution in [2.75, 3.05) is 6.54 Å². The van der Waals surface area contributed by atoms with Crippen molar-refractivity contribution >= 4 is 11.8 Å². The first-order chi connectivity index (χ1) is 8.56. The minimum Gasteiger partial charge on any atom is -0.352 e. The third-order valence-corrected chi connectivity index (χ3v) is 2.72. The molecule has 2 N–H and O–H groups in total. The Morgan fingerprint density at radius 3 is 2.78 bits per heavy atom. The molecule has 0 saturated heterocycles. The number of aromatic nitrogens is 1. The highest BCUT2D eigenvalue weighted by atomic mass is 16.2. The smallest absolute Gasteiger partial charge is 0.251 e. The molecule has 1 saturated carbocycles. The minimum atomic E-state index is -0.418. The molecule has 18 heavy (non-hydrogen) atoms. The summed E-state index contributed by atoms with van der Waals surface area (Å²) in [6.07, 6.45) is 3.53. The van der Waals surface area contributed by atoms with E-state index in [9.17, 15) is 14.4 Å². The molecule has 1 fully saturated rings. The van der Waals surface area contributed by atoms with Crippen molar-refractivity contribution in [2.45, 2.75) is 18.9 Å². The van der Waals surface area contributed by atoms with E-state index in [1.807, 2.05) is 0 Å². The Kier molecular flexibility index (Phi) is 3.45. The molecular formula is C12H15N3O3. The summed E-state index contributed by atoms with van der Waals surface area (Å²) >= 11 is 0. The number of carbonyl (C=O) groups excluding carboxylic acids is 2. The molecule has 1 aliphatic rings. The van der Waals surface area contributed by atoms with E-state index in [4.69, 9.17) is 0 Å². The Bertz CT molecular complexity index is 532. The first-order valence-electron chi connectivity index (χ1n) is 5.80. The topological polar surface area (TPSA) is 80.2 Å². The lowest BCUT2D eigenvalue weighted by atomic mass is 10.2. The Labute approximate surface area is 104 Å². The Morgan fingerprint density at radius 2 is 2.17 bits per heavy atom. The lowest BCUT2D eigenvalue weighted by Gasteiger charge is -2.06. The molecule has 0 unspecified atom stereocenters. The van der Waals surface area contributed by atoms with Gasteiger partial charge in [0.2, 0.25) is 5.91 Å². The van der Waals surface area contributed by atoms with Gasteiger partial charge in [-0.05, 0) is 18.9 Å². The SMILES string of the molecule is Cn1ccc(C(=O)NCC(=O)NC2CC2)cc1=O. The van der Waals surface area contributed by atoms with E-state index < -0.39 is 5.91 Å². The fourth-order valence-electron chi connectivity index (χ4n) is 1.46. The molecule has 96 valence electrons. The van der Waals surface area contributed by atoms with E-state index in [0.717, 1.165) is 12.8 Å². The number of rotatable bonds is 4. The number of pyridine rings is 1. The number of hydrogen-bond acceptors (Lipinski definition) is 3. The zero-order valence-electron chi connectivity index (χ0n) is 10.1. The first kappa shape index (κ1) is 12.3. The predicted octanol–water partition coefficient (Wildman–Crippen LogP) is -0.606. The quantitative estimate of drug-likeness (QED) is 0.747. The molecule has 0 spiro atoms. The van der Waals surface area contributed by atoms with Crippen LogP contribution in [0.3, 0.4) is 0 Å². The van der Waals surface area contributed by atoms with Crippen molar-refractivity contribution in [1.82, 2.24) is 15.2 Å². The average molecular weight is 249 g/mol. The van der Waals surface area contributed by atoms with E-state index in [1.54, 1.807) is 7.05 Å². The van der Waals surface area contributed by atoms with Gasteiger partial charge in [-0.2, -0.15) is 0 Å². The summed E-state index contributed by atoms with van der Waals surface area (Å²) in [5.41, 5.74) is 0.00223. The van der Waals surface area contributed by atoms with Crippen molar-refractivity contribution < 1.29 is 9.59 Å². The number of carbonyl (C=O) groups is 2. The molecule has 6 nitrogen and oxygen atoms in total. The highest BCUT2D eigenvalue weighted by Crippen LogP contribution is 2.18. The van der Waals surface area contributed by atoms with Crippen molar-refractivity contribution in [3.8, 4) is 0 Å². The molecule has 0 atom stereocenters. The van der Waals surface area contributed by atoms with Crippen LogP contribution in [0.5, 0.6) is 0 Å². The van der Waals surface area contributed by atoms with Crippen LogP contribution in [0.4, 0.5) is 0 Å². The van der Waals surface area contributed by atoms with Gasteiger partial charge in [-0.1, -0.05) is 0 Å². The van der Waals surface area contributed by atoms with Crippen molar-refractivity contribution in [1.29, 1.82) is 0 Å². The van der Waals surface area contributed by atoms with Gasteiger partial charge in [0.05, 0.1) is 6.54 Å². The Morgan fingerprint density at radius 1 is 1.44 bits per heavy atom. The van der Waals surface area contributed by atoms with Crippen LogP contribution < -0.4 is 16.2 Å². The fraction of sp³-hybridized carbons (Fsp3) is 0.417. The van der Waals surface area contributed by atoms with E-state index in [2.05, 4.69) is 10.6 Å². The zero-order valence-corrected chi connectivity index (χ0v) is 10.1. The van der Waals surface area contributed by atoms with Crippen molar-refractivity contribution in [2.24, 2.45) is 7.05 Å². The van der Waals surface area contributed by atoms with Crippen LogP contribution in [0.15, 0.2) is 23.1 Å². The first-order valence-corrected chi connectivity index (χ1v) is 5.80. The van der Waals surface area contributed by atoms with Gasteiger partial charge in [0.1, 0.15) is 0 Å². The van der Waals surface area contributed by atoms with Crippen LogP contribution in [0, 0.1) is 0 Å². The van der Waals surface area contributed by atoms with Gasteiger partial charge < -0.3 is 15.2 Å². The number of hydrogen-bond donors (Lipinski definition) is 2. The lowest BCUT2D eigenvalue weighted by molar-refractivity contribution is -0.120. The van der Waals surface area contributed by atoms with Gasteiger partial charge in [-0.25, -0.2) is 0 Å². The van der Waals surface area contributed by atoms with Gasteiger partial charge in [0, 0.05) is 30.9 Å². The van der Waals surface area contributed by atoms with Crippen LogP contribution >= 0.6 is 0 Å². The summed E-state index contributed by atoms with van der Waals surface area (Å²) in [6.45, 7) is -0.0649. The van der Waals surface area contributed by atoms with Gasteiger partial charge in [-0.3, -0.25) is 14.4 Å². The summed E-state index contributed by atoms with van der Waals surface area (Å²) in [7, 11) is 1.60. The van der Waals surface area contributed by atoms with Crippen LogP contribution in [0.1, 0.15) is 23.2 Å². The van der Waals surface area contributed by atoms with E-state index in [1.165, 1.54) is 22.9 Å². The highest BCUT2D eigenvalue weighted by molar-refractivity contribution is 5.96. The number of aryl methyl sites for hydroxylation is 1. The second kappa shape index (κ2) is 5.03. The summed E-state index contributed by atoms with van der Waals surface area (Å²) in [4.78, 5) is 34.4. The van der Waals surface area contributed by atoms with Crippen molar-refractivity contribution in [3.05, 3.63) is 34.2 Å². The molecule has 2 rings (SSSR count). The molecule has 0 radical (unpaired) electrons. The summed E-state index contributed by atoms with van der Waals surface area (Å²) < 4.78 is 1.37. The maximum absolute atomic E-state index is 11.7. The number of nitrogens with one attached hydrogen (secondary N) is 2. The third-order valence-electron chi connectivity index (χ3n) is 2.72. The summed E-state index contributed by atoms with van der Waals surface area (Å²) in [5.74, 6) is -0.617.